The number of carbonyl (C=O) groups excluding carboxylic acids is 3. The van der Waals surface area contributed by atoms with Crippen LogP contribution in [0.3, 0.4) is 0 Å². The molecule has 6 heteroatoms. The van der Waals surface area contributed by atoms with Crippen LogP contribution in [0.25, 0.3) is 0 Å². The molecule has 0 saturated carbocycles. The van der Waals surface area contributed by atoms with Crippen LogP contribution in [0.5, 0.6) is 0 Å². The van der Waals surface area contributed by atoms with Crippen molar-refractivity contribution in [1.82, 2.24) is 15.5 Å². The van der Waals surface area contributed by atoms with Crippen LogP contribution in [-0.2, 0) is 9.59 Å². The normalized spacial score (nSPS) is 17.4. The fraction of sp³-hybridized carbons (Fsp3) is 0.471. The van der Waals surface area contributed by atoms with E-state index in [9.17, 15) is 14.4 Å². The summed E-state index contributed by atoms with van der Waals surface area (Å²) in [6.07, 6.45) is 0.264. The van der Waals surface area contributed by atoms with Gasteiger partial charge in [0.25, 0.3) is 5.91 Å². The van der Waals surface area contributed by atoms with Crippen LogP contribution in [-0.4, -0.2) is 48.3 Å². The first-order chi connectivity index (χ1) is 11.0. The fourth-order valence-corrected chi connectivity index (χ4v) is 2.60. The van der Waals surface area contributed by atoms with Crippen molar-refractivity contribution in [2.45, 2.75) is 26.3 Å². The summed E-state index contributed by atoms with van der Waals surface area (Å²) in [6, 6.07) is 9.03. The van der Waals surface area contributed by atoms with Crippen LogP contribution >= 0.6 is 0 Å². The van der Waals surface area contributed by atoms with E-state index in [1.807, 2.05) is 19.9 Å². The van der Waals surface area contributed by atoms with Gasteiger partial charge in [0.05, 0.1) is 5.92 Å². The maximum Gasteiger partial charge on any atom is 0.251 e. The van der Waals surface area contributed by atoms with Crippen LogP contribution in [0, 0.1) is 5.92 Å². The zero-order valence-electron chi connectivity index (χ0n) is 13.5. The van der Waals surface area contributed by atoms with Gasteiger partial charge in [-0.1, -0.05) is 18.2 Å². The van der Waals surface area contributed by atoms with E-state index in [1.54, 1.807) is 29.2 Å². The summed E-state index contributed by atoms with van der Waals surface area (Å²) in [5.41, 5.74) is 0.591. The zero-order chi connectivity index (χ0) is 16.8. The molecule has 1 heterocycles. The predicted octanol–water partition coefficient (Wildman–Crippen LogP) is 0.790. The summed E-state index contributed by atoms with van der Waals surface area (Å²) in [4.78, 5) is 37.4. The molecule has 3 amide bonds. The van der Waals surface area contributed by atoms with E-state index in [1.165, 1.54) is 0 Å². The highest BCUT2D eigenvalue weighted by Crippen LogP contribution is 2.19. The number of rotatable bonds is 6. The maximum atomic E-state index is 12.1. The molecule has 0 aliphatic carbocycles. The van der Waals surface area contributed by atoms with Gasteiger partial charge in [-0.2, -0.15) is 0 Å². The minimum absolute atomic E-state index is 0.0255. The number of nitrogens with one attached hydrogen (secondary N) is 2. The molecule has 1 aromatic carbocycles. The second-order valence-electron chi connectivity index (χ2n) is 5.95. The Bertz CT molecular complexity index is 572. The average molecular weight is 317 g/mol. The topological polar surface area (TPSA) is 78.5 Å². The largest absolute Gasteiger partial charge is 0.354 e. The van der Waals surface area contributed by atoms with Crippen LogP contribution < -0.4 is 10.6 Å². The summed E-state index contributed by atoms with van der Waals surface area (Å²) in [6.45, 7) is 5.06. The molecule has 1 atom stereocenters. The van der Waals surface area contributed by atoms with Crippen LogP contribution in [0.1, 0.15) is 30.6 Å². The van der Waals surface area contributed by atoms with Crippen molar-refractivity contribution in [3.63, 3.8) is 0 Å². The predicted molar refractivity (Wildman–Crippen MR) is 86.7 cm³/mol. The smallest absolute Gasteiger partial charge is 0.251 e. The molecule has 124 valence electrons. The number of hydrogen-bond donors (Lipinski definition) is 2. The molecule has 6 nitrogen and oxygen atoms in total. The van der Waals surface area contributed by atoms with Gasteiger partial charge in [-0.05, 0) is 26.0 Å². The molecule has 23 heavy (non-hydrogen) atoms. The first-order valence-electron chi connectivity index (χ1n) is 7.89. The van der Waals surface area contributed by atoms with Gasteiger partial charge in [0.15, 0.2) is 0 Å². The first kappa shape index (κ1) is 17.0. The van der Waals surface area contributed by atoms with Crippen LogP contribution in [0.15, 0.2) is 30.3 Å². The standard InChI is InChI=1S/C17H23N3O3/c1-12(2)20-11-14(10-15(20)21)17(23)19-9-8-18-16(22)13-6-4-3-5-7-13/h3-7,12,14H,8-11H2,1-2H3,(H,18,22)(H,19,23)/t14-/m0/s1. The molecule has 1 aliphatic heterocycles. The SMILES string of the molecule is CC(C)N1C[C@@H](C(=O)NCCNC(=O)c2ccccc2)CC1=O. The number of carbonyl (C=O) groups is 3. The van der Waals surface area contributed by atoms with Gasteiger partial charge < -0.3 is 15.5 Å². The third-order valence-corrected chi connectivity index (χ3v) is 3.90. The van der Waals surface area contributed by atoms with Crippen molar-refractivity contribution in [3.8, 4) is 0 Å². The van der Waals surface area contributed by atoms with E-state index < -0.39 is 0 Å². The molecule has 2 rings (SSSR count). The lowest BCUT2D eigenvalue weighted by Crippen LogP contribution is -2.39. The molecule has 1 aromatic rings. The highest BCUT2D eigenvalue weighted by atomic mass is 16.2. The van der Waals surface area contributed by atoms with E-state index in [0.717, 1.165) is 0 Å². The lowest BCUT2D eigenvalue weighted by molar-refractivity contribution is -0.129. The van der Waals surface area contributed by atoms with Gasteiger partial charge in [0.1, 0.15) is 0 Å². The first-order valence-corrected chi connectivity index (χ1v) is 7.89. The highest BCUT2D eigenvalue weighted by Gasteiger charge is 2.35. The molecule has 0 spiro atoms. The van der Waals surface area contributed by atoms with Gasteiger partial charge >= 0.3 is 0 Å². The second kappa shape index (κ2) is 7.76. The summed E-state index contributed by atoms with van der Waals surface area (Å²) >= 11 is 0. The van der Waals surface area contributed by atoms with E-state index in [2.05, 4.69) is 10.6 Å². The zero-order valence-corrected chi connectivity index (χ0v) is 13.5. The molecule has 0 radical (unpaired) electrons. The summed E-state index contributed by atoms with van der Waals surface area (Å²) in [5.74, 6) is -0.565. The Hall–Kier alpha value is -2.37. The quantitative estimate of drug-likeness (QED) is 0.762. The van der Waals surface area contributed by atoms with Crippen molar-refractivity contribution in [2.75, 3.05) is 19.6 Å². The maximum absolute atomic E-state index is 12.1. The summed E-state index contributed by atoms with van der Waals surface area (Å²) in [7, 11) is 0. The summed E-state index contributed by atoms with van der Waals surface area (Å²) < 4.78 is 0. The lowest BCUT2D eigenvalue weighted by atomic mass is 10.1. The molecule has 0 aromatic heterocycles. The monoisotopic (exact) mass is 317 g/mol. The molecule has 1 aliphatic rings. The summed E-state index contributed by atoms with van der Waals surface area (Å²) in [5, 5.41) is 5.53. The molecule has 1 fully saturated rings. The molecule has 0 unspecified atom stereocenters. The Kier molecular flexibility index (Phi) is 5.73. The Morgan fingerprint density at radius 1 is 1.17 bits per heavy atom. The third kappa shape index (κ3) is 4.55. The van der Waals surface area contributed by atoms with Crippen molar-refractivity contribution in [1.29, 1.82) is 0 Å². The number of amides is 3. The number of benzene rings is 1. The van der Waals surface area contributed by atoms with Gasteiger partial charge in [-0.15, -0.1) is 0 Å². The Labute approximate surface area is 136 Å². The molecule has 2 N–H and O–H groups in total. The Morgan fingerprint density at radius 2 is 1.83 bits per heavy atom. The number of likely N-dealkylation sites (tertiary alicyclic amines) is 1. The Balaban J connectivity index is 1.70. The highest BCUT2D eigenvalue weighted by molar-refractivity contribution is 5.94. The fourth-order valence-electron chi connectivity index (χ4n) is 2.60. The van der Waals surface area contributed by atoms with Crippen molar-refractivity contribution >= 4 is 17.7 Å². The second-order valence-corrected chi connectivity index (χ2v) is 5.95. The van der Waals surface area contributed by atoms with Crippen LogP contribution in [0.2, 0.25) is 0 Å². The van der Waals surface area contributed by atoms with Crippen molar-refractivity contribution < 1.29 is 14.4 Å². The van der Waals surface area contributed by atoms with Crippen molar-refractivity contribution in [2.24, 2.45) is 5.92 Å². The van der Waals surface area contributed by atoms with Gasteiger partial charge in [0.2, 0.25) is 11.8 Å². The Morgan fingerprint density at radius 3 is 2.43 bits per heavy atom. The number of hydrogen-bond acceptors (Lipinski definition) is 3. The average Bonchev–Trinajstić information content (AvgIpc) is 2.94. The van der Waals surface area contributed by atoms with Gasteiger partial charge in [0, 0.05) is 37.7 Å². The van der Waals surface area contributed by atoms with Crippen LogP contribution in [0.4, 0.5) is 0 Å². The van der Waals surface area contributed by atoms with E-state index in [4.69, 9.17) is 0 Å². The van der Waals surface area contributed by atoms with E-state index >= 15 is 0 Å². The van der Waals surface area contributed by atoms with E-state index in [0.29, 0.717) is 25.2 Å². The third-order valence-electron chi connectivity index (χ3n) is 3.90. The molecule has 1 saturated heterocycles. The number of nitrogens with zero attached hydrogens (tertiary/aromatic N) is 1. The van der Waals surface area contributed by atoms with Crippen molar-refractivity contribution in [3.05, 3.63) is 35.9 Å². The lowest BCUT2D eigenvalue weighted by Gasteiger charge is -2.20. The van der Waals surface area contributed by atoms with Gasteiger partial charge in [-0.25, -0.2) is 0 Å². The molecule has 0 bridgehead atoms. The van der Waals surface area contributed by atoms with Gasteiger partial charge in [-0.3, -0.25) is 14.4 Å². The minimum atomic E-state index is -0.297. The minimum Gasteiger partial charge on any atom is -0.354 e. The van der Waals surface area contributed by atoms with E-state index in [-0.39, 0.29) is 36.1 Å². The molecular formula is C17H23N3O3. The molecular weight excluding hydrogens is 294 g/mol.